The van der Waals surface area contributed by atoms with Gasteiger partial charge in [0.1, 0.15) is 5.54 Å². The first-order chi connectivity index (χ1) is 11.7. The molecule has 3 rings (SSSR count). The van der Waals surface area contributed by atoms with Crippen molar-refractivity contribution in [2.45, 2.75) is 54.5 Å². The Balaban J connectivity index is 1.41. The van der Waals surface area contributed by atoms with E-state index in [1.54, 1.807) is 0 Å². The molecule has 2 aliphatic rings. The topological polar surface area (TPSA) is 99.9 Å². The first-order valence-electron chi connectivity index (χ1n) is 8.23. The SMILES string of the molecule is N#CC1(NC(=O)CSc2nnc(NC[C@H]3CCCO3)s2)CCCC1. The van der Waals surface area contributed by atoms with Gasteiger partial charge in [0.05, 0.1) is 17.9 Å². The van der Waals surface area contributed by atoms with Crippen LogP contribution in [-0.2, 0) is 9.53 Å². The fourth-order valence-electron chi connectivity index (χ4n) is 3.02. The van der Waals surface area contributed by atoms with Crippen molar-refractivity contribution in [3.05, 3.63) is 0 Å². The van der Waals surface area contributed by atoms with E-state index in [-0.39, 0.29) is 17.8 Å². The molecular formula is C15H21N5O2S2. The maximum absolute atomic E-state index is 12.1. The summed E-state index contributed by atoms with van der Waals surface area (Å²) in [5.41, 5.74) is -0.660. The highest BCUT2D eigenvalue weighted by Crippen LogP contribution is 2.30. The minimum atomic E-state index is -0.660. The van der Waals surface area contributed by atoms with Gasteiger partial charge in [-0.05, 0) is 38.5 Å². The summed E-state index contributed by atoms with van der Waals surface area (Å²) >= 11 is 2.79. The smallest absolute Gasteiger partial charge is 0.231 e. The quantitative estimate of drug-likeness (QED) is 0.712. The molecule has 7 nitrogen and oxygen atoms in total. The van der Waals surface area contributed by atoms with Crippen LogP contribution in [0.1, 0.15) is 38.5 Å². The Morgan fingerprint density at radius 3 is 2.96 bits per heavy atom. The average molecular weight is 368 g/mol. The lowest BCUT2D eigenvalue weighted by Crippen LogP contribution is -2.45. The van der Waals surface area contributed by atoms with Gasteiger partial charge in [0.25, 0.3) is 0 Å². The van der Waals surface area contributed by atoms with E-state index < -0.39 is 5.54 Å². The van der Waals surface area contributed by atoms with Crippen molar-refractivity contribution in [2.24, 2.45) is 0 Å². The van der Waals surface area contributed by atoms with Gasteiger partial charge in [-0.1, -0.05) is 23.1 Å². The van der Waals surface area contributed by atoms with Crippen LogP contribution >= 0.6 is 23.1 Å². The van der Waals surface area contributed by atoms with E-state index >= 15 is 0 Å². The normalized spacial score (nSPS) is 22.2. The maximum Gasteiger partial charge on any atom is 0.231 e. The third kappa shape index (κ3) is 4.59. The summed E-state index contributed by atoms with van der Waals surface area (Å²) in [4.78, 5) is 12.1. The van der Waals surface area contributed by atoms with Crippen molar-refractivity contribution < 1.29 is 9.53 Å². The largest absolute Gasteiger partial charge is 0.376 e. The number of anilines is 1. The van der Waals surface area contributed by atoms with Crippen molar-refractivity contribution in [3.8, 4) is 6.07 Å². The first kappa shape index (κ1) is 17.5. The van der Waals surface area contributed by atoms with E-state index in [2.05, 4.69) is 26.9 Å². The lowest BCUT2D eigenvalue weighted by molar-refractivity contribution is -0.119. The molecule has 2 heterocycles. The second-order valence-corrected chi connectivity index (χ2v) is 8.33. The van der Waals surface area contributed by atoms with Gasteiger partial charge >= 0.3 is 0 Å². The lowest BCUT2D eigenvalue weighted by atomic mass is 10.0. The van der Waals surface area contributed by atoms with Crippen LogP contribution in [-0.4, -0.2) is 46.7 Å². The predicted octanol–water partition coefficient (Wildman–Crippen LogP) is 2.17. The van der Waals surface area contributed by atoms with E-state index in [1.165, 1.54) is 23.1 Å². The van der Waals surface area contributed by atoms with Crippen LogP contribution in [0.2, 0.25) is 0 Å². The Morgan fingerprint density at radius 1 is 1.42 bits per heavy atom. The Hall–Kier alpha value is -1.37. The highest BCUT2D eigenvalue weighted by Gasteiger charge is 2.35. The fourth-order valence-corrected chi connectivity index (χ4v) is 4.58. The Morgan fingerprint density at radius 2 is 2.25 bits per heavy atom. The van der Waals surface area contributed by atoms with Gasteiger partial charge in [0.2, 0.25) is 11.0 Å². The minimum Gasteiger partial charge on any atom is -0.376 e. The second kappa shape index (κ2) is 8.14. The van der Waals surface area contributed by atoms with E-state index in [0.29, 0.717) is 0 Å². The third-order valence-electron chi connectivity index (χ3n) is 4.29. The van der Waals surface area contributed by atoms with Crippen molar-refractivity contribution in [2.75, 3.05) is 24.2 Å². The van der Waals surface area contributed by atoms with Crippen LogP contribution in [0.4, 0.5) is 5.13 Å². The van der Waals surface area contributed by atoms with Crippen LogP contribution < -0.4 is 10.6 Å². The van der Waals surface area contributed by atoms with Crippen LogP contribution in [0.15, 0.2) is 4.34 Å². The number of ether oxygens (including phenoxy) is 1. The molecule has 1 aromatic rings. The molecule has 9 heteroatoms. The number of nitriles is 1. The van der Waals surface area contributed by atoms with Crippen molar-refractivity contribution in [1.82, 2.24) is 15.5 Å². The highest BCUT2D eigenvalue weighted by molar-refractivity contribution is 8.01. The molecule has 1 saturated carbocycles. The van der Waals surface area contributed by atoms with Crippen molar-refractivity contribution in [1.29, 1.82) is 5.26 Å². The number of carbonyl (C=O) groups excluding carboxylic acids is 1. The van der Waals surface area contributed by atoms with Crippen molar-refractivity contribution in [3.63, 3.8) is 0 Å². The monoisotopic (exact) mass is 367 g/mol. The van der Waals surface area contributed by atoms with Gasteiger partial charge in [-0.2, -0.15) is 5.26 Å². The summed E-state index contributed by atoms with van der Waals surface area (Å²) < 4.78 is 6.30. The van der Waals surface area contributed by atoms with Gasteiger partial charge in [0.15, 0.2) is 4.34 Å². The van der Waals surface area contributed by atoms with E-state index in [9.17, 15) is 10.1 Å². The number of aromatic nitrogens is 2. The molecule has 0 unspecified atom stereocenters. The molecule has 2 fully saturated rings. The Bertz CT molecular complexity index is 603. The molecule has 1 amide bonds. The molecular weight excluding hydrogens is 346 g/mol. The van der Waals surface area contributed by atoms with Crippen molar-refractivity contribution >= 4 is 34.1 Å². The minimum absolute atomic E-state index is 0.118. The molecule has 0 radical (unpaired) electrons. The number of hydrogen-bond acceptors (Lipinski definition) is 8. The number of hydrogen-bond donors (Lipinski definition) is 2. The van der Waals surface area contributed by atoms with Gasteiger partial charge in [-0.15, -0.1) is 10.2 Å². The van der Waals surface area contributed by atoms with Gasteiger partial charge in [-0.3, -0.25) is 4.79 Å². The first-order valence-corrected chi connectivity index (χ1v) is 10.0. The Labute approximate surface area is 149 Å². The molecule has 0 aromatic carbocycles. The molecule has 1 aliphatic carbocycles. The molecule has 130 valence electrons. The molecule has 24 heavy (non-hydrogen) atoms. The molecule has 1 aliphatic heterocycles. The number of carbonyl (C=O) groups is 1. The lowest BCUT2D eigenvalue weighted by Gasteiger charge is -2.21. The van der Waals surface area contributed by atoms with Gasteiger partial charge in [-0.25, -0.2) is 0 Å². The standard InChI is InChI=1S/C15H21N5O2S2/c16-10-15(5-1-2-6-15)18-12(21)9-23-14-20-19-13(24-14)17-8-11-4-3-7-22-11/h11H,1-9H2,(H,17,19)(H,18,21)/t11-/m1/s1. The van der Waals surface area contributed by atoms with Crippen LogP contribution in [0.25, 0.3) is 0 Å². The van der Waals surface area contributed by atoms with E-state index in [4.69, 9.17) is 4.74 Å². The second-order valence-electron chi connectivity index (χ2n) is 6.13. The Kier molecular flexibility index (Phi) is 5.92. The molecule has 1 atom stereocenters. The van der Waals surface area contributed by atoms with Crippen LogP contribution in [0.5, 0.6) is 0 Å². The zero-order chi connectivity index (χ0) is 16.8. The van der Waals surface area contributed by atoms with Gasteiger partial charge < -0.3 is 15.4 Å². The predicted molar refractivity (Wildman–Crippen MR) is 93.1 cm³/mol. The number of nitrogens with zero attached hydrogens (tertiary/aromatic N) is 3. The maximum atomic E-state index is 12.1. The highest BCUT2D eigenvalue weighted by atomic mass is 32.2. The van der Waals surface area contributed by atoms with Gasteiger partial charge in [0, 0.05) is 13.2 Å². The summed E-state index contributed by atoms with van der Waals surface area (Å²) in [5.74, 6) is 0.136. The molecule has 0 spiro atoms. The average Bonchev–Trinajstić information content (AvgIpc) is 3.33. The molecule has 1 saturated heterocycles. The fraction of sp³-hybridized carbons (Fsp3) is 0.733. The summed E-state index contributed by atoms with van der Waals surface area (Å²) in [6.45, 7) is 1.58. The van der Waals surface area contributed by atoms with Crippen LogP contribution in [0, 0.1) is 11.3 Å². The molecule has 0 bridgehead atoms. The number of thioether (sulfide) groups is 1. The summed E-state index contributed by atoms with van der Waals surface area (Å²) in [6, 6.07) is 2.27. The number of nitrogens with one attached hydrogen (secondary N) is 2. The molecule has 1 aromatic heterocycles. The summed E-state index contributed by atoms with van der Waals surface area (Å²) in [5, 5.41) is 24.3. The van der Waals surface area contributed by atoms with E-state index in [0.717, 1.165) is 61.1 Å². The summed E-state index contributed by atoms with van der Waals surface area (Å²) in [7, 11) is 0. The zero-order valence-electron chi connectivity index (χ0n) is 13.4. The summed E-state index contributed by atoms with van der Waals surface area (Å²) in [6.07, 6.45) is 5.93. The third-order valence-corrected chi connectivity index (χ3v) is 6.30. The van der Waals surface area contributed by atoms with E-state index in [1.807, 2.05) is 0 Å². The zero-order valence-corrected chi connectivity index (χ0v) is 15.0. The molecule has 2 N–H and O–H groups in total. The number of amides is 1. The number of rotatable bonds is 7. The van der Waals surface area contributed by atoms with Crippen LogP contribution in [0.3, 0.4) is 0 Å².